The molecule has 48 valence electrons. The molecule has 0 aromatic heterocycles. The first kappa shape index (κ1) is 6.52. The van der Waals surface area contributed by atoms with Gasteiger partial charge in [-0.05, 0) is 11.7 Å². The predicted molar refractivity (Wildman–Crippen MR) is 42.4 cm³/mol. The van der Waals surface area contributed by atoms with Gasteiger partial charge in [0.25, 0.3) is 0 Å². The summed E-state index contributed by atoms with van der Waals surface area (Å²) in [5, 5.41) is 1.11. The smallest absolute Gasteiger partial charge is 0.431 e. The second-order valence-electron chi connectivity index (χ2n) is 2.09. The lowest BCUT2D eigenvalue weighted by atomic mass is 10.4. The van der Waals surface area contributed by atoms with Gasteiger partial charge in [-0.1, -0.05) is 30.3 Å². The van der Waals surface area contributed by atoms with Crippen molar-refractivity contribution in [2.24, 2.45) is 0 Å². The zero-order valence-corrected chi connectivity index (χ0v) is 6.57. The molecule has 1 aromatic carbocycles. The topological polar surface area (TPSA) is 20.2 Å². The van der Waals surface area contributed by atoms with Crippen LogP contribution < -0.4 is 5.19 Å². The van der Waals surface area contributed by atoms with Gasteiger partial charge in [0.15, 0.2) is 0 Å². The molecular formula is C7H11OSi+. The maximum atomic E-state index is 9.16. The van der Waals surface area contributed by atoms with Crippen molar-refractivity contribution >= 4 is 14.2 Å². The number of hydrogen-bond acceptors (Lipinski definition) is 1. The molecule has 0 aliphatic heterocycles. The first-order valence-corrected chi connectivity index (χ1v) is 5.28. The van der Waals surface area contributed by atoms with Crippen molar-refractivity contribution in [1.29, 1.82) is 0 Å². The average molecular weight is 139 g/mol. The molecule has 0 spiro atoms. The molecule has 0 fully saturated rings. The summed E-state index contributed by atoms with van der Waals surface area (Å²) in [6, 6.07) is 9.80. The molecular weight excluding hydrogens is 128 g/mol. The summed E-state index contributed by atoms with van der Waals surface area (Å²) in [5.41, 5.74) is 0. The van der Waals surface area contributed by atoms with Crippen molar-refractivity contribution in [1.82, 2.24) is 0 Å². The van der Waals surface area contributed by atoms with Crippen LogP contribution in [0.2, 0.25) is 6.55 Å². The highest BCUT2D eigenvalue weighted by Crippen LogP contribution is 1.83. The van der Waals surface area contributed by atoms with Crippen LogP contribution in [0, 0.1) is 0 Å². The van der Waals surface area contributed by atoms with Crippen LogP contribution in [0.15, 0.2) is 30.3 Å². The Kier molecular flexibility index (Phi) is 2.03. The Balaban J connectivity index is 0.000000810. The molecule has 0 saturated heterocycles. The second-order valence-corrected chi connectivity index (χ2v) is 4.11. The molecule has 9 heavy (non-hydrogen) atoms. The molecule has 1 N–H and O–H groups in total. The van der Waals surface area contributed by atoms with Crippen molar-refractivity contribution in [3.8, 4) is 0 Å². The molecule has 1 rings (SSSR count). The first-order valence-electron chi connectivity index (χ1n) is 3.03. The lowest BCUT2D eigenvalue weighted by Crippen LogP contribution is -2.25. The van der Waals surface area contributed by atoms with Gasteiger partial charge in [-0.25, -0.2) is 0 Å². The van der Waals surface area contributed by atoms with Gasteiger partial charge in [-0.15, -0.1) is 0 Å². The minimum Gasteiger partial charge on any atom is -0.431 e. The average Bonchev–Trinajstić information content (AvgIpc) is 1.90. The third-order valence-corrected chi connectivity index (χ3v) is 2.63. The molecule has 0 amide bonds. The Labute approximate surface area is 58.2 Å². The van der Waals surface area contributed by atoms with E-state index in [9.17, 15) is 0 Å². The fraction of sp³-hybridized carbons (Fsp3) is 0.143. The Hall–Kier alpha value is -0.603. The molecule has 1 aromatic rings. The van der Waals surface area contributed by atoms with E-state index in [1.807, 2.05) is 36.9 Å². The Morgan fingerprint density at radius 2 is 1.89 bits per heavy atom. The van der Waals surface area contributed by atoms with Crippen molar-refractivity contribution < 1.29 is 6.22 Å². The van der Waals surface area contributed by atoms with Crippen LogP contribution >= 0.6 is 0 Å². The summed E-state index contributed by atoms with van der Waals surface area (Å²) < 4.78 is 0. The van der Waals surface area contributed by atoms with Gasteiger partial charge in [0, 0.05) is 0 Å². The summed E-state index contributed by atoms with van der Waals surface area (Å²) in [6.07, 6.45) is 0. The zero-order chi connectivity index (χ0) is 6.69. The van der Waals surface area contributed by atoms with Gasteiger partial charge >= 0.3 is 1.43 Å². The van der Waals surface area contributed by atoms with Gasteiger partial charge in [-0.2, -0.15) is 0 Å². The number of hydrogen-bond donors (Lipinski definition) is 1. The van der Waals surface area contributed by atoms with Crippen molar-refractivity contribution in [3.63, 3.8) is 0 Å². The normalized spacial score (nSPS) is 13.1. The van der Waals surface area contributed by atoms with Crippen LogP contribution in [0.1, 0.15) is 1.43 Å². The quantitative estimate of drug-likeness (QED) is 0.557. The minimum atomic E-state index is -1.53. The van der Waals surface area contributed by atoms with E-state index >= 15 is 0 Å². The van der Waals surface area contributed by atoms with Gasteiger partial charge in [-0.3, -0.25) is 0 Å². The monoisotopic (exact) mass is 139 g/mol. The van der Waals surface area contributed by atoms with Crippen LogP contribution in [0.4, 0.5) is 0 Å². The van der Waals surface area contributed by atoms with Gasteiger partial charge in [0.1, 0.15) is 0 Å². The Bertz CT molecular complexity index is 176. The lowest BCUT2D eigenvalue weighted by molar-refractivity contribution is 0.594. The van der Waals surface area contributed by atoms with Crippen molar-refractivity contribution in [2.75, 3.05) is 0 Å². The molecule has 0 saturated carbocycles. The molecule has 1 unspecified atom stereocenters. The fourth-order valence-corrected chi connectivity index (χ4v) is 1.51. The van der Waals surface area contributed by atoms with E-state index in [4.69, 9.17) is 4.80 Å². The molecule has 0 radical (unpaired) electrons. The molecule has 0 heterocycles. The minimum absolute atomic E-state index is 0. The van der Waals surface area contributed by atoms with Gasteiger partial charge in [0.2, 0.25) is 9.04 Å². The fourth-order valence-electron chi connectivity index (χ4n) is 0.732. The second kappa shape index (κ2) is 2.80. The van der Waals surface area contributed by atoms with E-state index in [0.717, 1.165) is 5.19 Å². The SMILES string of the molecule is C[SiH](O)c1ccccc1.[H+]. The van der Waals surface area contributed by atoms with Crippen LogP contribution in [0.3, 0.4) is 0 Å². The van der Waals surface area contributed by atoms with Crippen molar-refractivity contribution in [3.05, 3.63) is 30.3 Å². The van der Waals surface area contributed by atoms with E-state index in [-0.39, 0.29) is 1.43 Å². The van der Waals surface area contributed by atoms with Crippen LogP contribution in [-0.2, 0) is 0 Å². The predicted octanol–water partition coefficient (Wildman–Crippen LogP) is 0.352. The van der Waals surface area contributed by atoms with E-state index < -0.39 is 9.04 Å². The van der Waals surface area contributed by atoms with Gasteiger partial charge < -0.3 is 4.80 Å². The summed E-state index contributed by atoms with van der Waals surface area (Å²) in [5.74, 6) is 0. The number of rotatable bonds is 1. The van der Waals surface area contributed by atoms with Crippen LogP contribution in [-0.4, -0.2) is 13.8 Å². The lowest BCUT2D eigenvalue weighted by Gasteiger charge is -1.98. The highest BCUT2D eigenvalue weighted by molar-refractivity contribution is 6.64. The summed E-state index contributed by atoms with van der Waals surface area (Å²) >= 11 is 0. The first-order chi connectivity index (χ1) is 4.30. The highest BCUT2D eigenvalue weighted by Gasteiger charge is 1.98. The summed E-state index contributed by atoms with van der Waals surface area (Å²) in [6.45, 7) is 1.90. The van der Waals surface area contributed by atoms with Crippen LogP contribution in [0.25, 0.3) is 0 Å². The maximum absolute atomic E-state index is 9.16. The summed E-state index contributed by atoms with van der Waals surface area (Å²) in [7, 11) is -1.53. The largest absolute Gasteiger partial charge is 1.00 e. The Morgan fingerprint density at radius 1 is 1.33 bits per heavy atom. The summed E-state index contributed by atoms with van der Waals surface area (Å²) in [4.78, 5) is 9.16. The number of benzene rings is 1. The third kappa shape index (κ3) is 1.66. The molecule has 0 bridgehead atoms. The van der Waals surface area contributed by atoms with Gasteiger partial charge in [0.05, 0.1) is 0 Å². The van der Waals surface area contributed by atoms with Crippen molar-refractivity contribution in [2.45, 2.75) is 6.55 Å². The Morgan fingerprint density at radius 3 is 2.22 bits per heavy atom. The molecule has 1 atom stereocenters. The maximum Gasteiger partial charge on any atom is 1.00 e. The highest BCUT2D eigenvalue weighted by atomic mass is 28.3. The molecule has 0 aliphatic carbocycles. The third-order valence-electron chi connectivity index (χ3n) is 1.28. The van der Waals surface area contributed by atoms with E-state index in [2.05, 4.69) is 0 Å². The molecule has 0 aliphatic rings. The standard InChI is InChI=1S/C7H10OSi/c1-9(8)7-5-3-2-4-6-7/h2-6,8-9H,1H3/p+1. The van der Waals surface area contributed by atoms with E-state index in [1.165, 1.54) is 0 Å². The molecule has 1 nitrogen and oxygen atoms in total. The van der Waals surface area contributed by atoms with E-state index in [1.54, 1.807) is 0 Å². The zero-order valence-electron chi connectivity index (χ0n) is 6.41. The van der Waals surface area contributed by atoms with E-state index in [0.29, 0.717) is 0 Å². The molecule has 2 heteroatoms. The van der Waals surface area contributed by atoms with Crippen LogP contribution in [0.5, 0.6) is 0 Å².